The fourth-order valence-corrected chi connectivity index (χ4v) is 4.97. The maximum Gasteiger partial charge on any atom is 0.237 e. The molecule has 0 saturated heterocycles. The van der Waals surface area contributed by atoms with Crippen LogP contribution in [-0.4, -0.2) is 26.9 Å². The van der Waals surface area contributed by atoms with Gasteiger partial charge >= 0.3 is 0 Å². The quantitative estimate of drug-likeness (QED) is 0.227. The second kappa shape index (κ2) is 8.95. The minimum absolute atomic E-state index is 0.0623. The van der Waals surface area contributed by atoms with Crippen LogP contribution >= 0.6 is 23.1 Å². The van der Waals surface area contributed by atoms with E-state index in [0.717, 1.165) is 21.3 Å². The molecule has 156 valence electrons. The highest BCUT2D eigenvalue weighted by molar-refractivity contribution is 8.00. The number of carbonyl (C=O) groups excluding carboxylic acids is 2. The molecule has 1 amide bonds. The van der Waals surface area contributed by atoms with Gasteiger partial charge in [0.2, 0.25) is 5.91 Å². The predicted molar refractivity (Wildman–Crippen MR) is 123 cm³/mol. The Hall–Kier alpha value is -3.10. The van der Waals surface area contributed by atoms with Crippen molar-refractivity contribution in [2.45, 2.75) is 24.1 Å². The molecule has 4 rings (SSSR count). The maximum absolute atomic E-state index is 13.3. The van der Waals surface area contributed by atoms with Gasteiger partial charge in [0.25, 0.3) is 0 Å². The number of Topliss-reactive ketones (excluding diaryl/α,β-unsaturated/α-hetero) is 1. The number of thioether (sulfide) groups is 1. The van der Waals surface area contributed by atoms with E-state index in [0.29, 0.717) is 16.3 Å². The van der Waals surface area contributed by atoms with Crippen molar-refractivity contribution in [1.29, 1.82) is 0 Å². The number of thiophene rings is 1. The van der Waals surface area contributed by atoms with E-state index < -0.39 is 5.25 Å². The molecule has 5 nitrogen and oxygen atoms in total. The van der Waals surface area contributed by atoms with Gasteiger partial charge < -0.3 is 5.32 Å². The van der Waals surface area contributed by atoms with Gasteiger partial charge in [-0.2, -0.15) is 0 Å². The van der Waals surface area contributed by atoms with Gasteiger partial charge in [0.15, 0.2) is 5.78 Å². The zero-order chi connectivity index (χ0) is 22.0. The Morgan fingerprint density at radius 3 is 2.65 bits per heavy atom. The van der Waals surface area contributed by atoms with Crippen LogP contribution in [0, 0.1) is 5.82 Å². The number of anilines is 1. The highest BCUT2D eigenvalue weighted by atomic mass is 32.2. The van der Waals surface area contributed by atoms with Gasteiger partial charge in [-0.05, 0) is 43.7 Å². The number of carbonyl (C=O) groups is 2. The Labute approximate surface area is 186 Å². The summed E-state index contributed by atoms with van der Waals surface area (Å²) in [7, 11) is 0. The molecule has 0 aliphatic carbocycles. The zero-order valence-electron chi connectivity index (χ0n) is 16.8. The fraction of sp³-hybridized carbons (Fsp3) is 0.130. The number of nitrogens with one attached hydrogen (secondary N) is 1. The van der Waals surface area contributed by atoms with E-state index >= 15 is 0 Å². The molecule has 1 N–H and O–H groups in total. The van der Waals surface area contributed by atoms with Crippen LogP contribution in [0.1, 0.15) is 24.2 Å². The largest absolute Gasteiger partial charge is 0.325 e. The first-order valence-electron chi connectivity index (χ1n) is 9.49. The molecule has 1 unspecified atom stereocenters. The number of fused-ring (bicyclic) bond motifs is 1. The Bertz CT molecular complexity index is 1270. The zero-order valence-corrected chi connectivity index (χ0v) is 18.4. The summed E-state index contributed by atoms with van der Waals surface area (Å²) >= 11 is 2.81. The summed E-state index contributed by atoms with van der Waals surface area (Å²) in [6.45, 7) is 3.28. The highest BCUT2D eigenvalue weighted by Gasteiger charge is 2.20. The normalized spacial score (nSPS) is 12.0. The van der Waals surface area contributed by atoms with E-state index in [1.54, 1.807) is 43.3 Å². The van der Waals surface area contributed by atoms with Crippen LogP contribution in [0.4, 0.5) is 10.1 Å². The summed E-state index contributed by atoms with van der Waals surface area (Å²) in [4.78, 5) is 33.9. The fourth-order valence-electron chi connectivity index (χ4n) is 3.06. The van der Waals surface area contributed by atoms with Crippen LogP contribution in [0.2, 0.25) is 0 Å². The lowest BCUT2D eigenvalue weighted by molar-refractivity contribution is -0.115. The standard InChI is InChI=1S/C23H18FN3O2S2/c1-13(28)16-4-3-5-18(10-16)27-21(29)14(2)31-23-20-19(11-30-22(20)25-12-26-23)15-6-8-17(24)9-7-15/h3-12,14H,1-2H3,(H,27,29). The minimum Gasteiger partial charge on any atom is -0.325 e. The first-order valence-corrected chi connectivity index (χ1v) is 11.2. The number of ketones is 1. The first-order chi connectivity index (χ1) is 14.9. The Kier molecular flexibility index (Phi) is 6.11. The van der Waals surface area contributed by atoms with Crippen molar-refractivity contribution in [3.05, 3.63) is 71.6 Å². The second-order valence-electron chi connectivity index (χ2n) is 6.90. The van der Waals surface area contributed by atoms with E-state index in [9.17, 15) is 14.0 Å². The summed E-state index contributed by atoms with van der Waals surface area (Å²) in [6, 6.07) is 13.1. The molecule has 2 heterocycles. The summed E-state index contributed by atoms with van der Waals surface area (Å²) in [5.41, 5.74) is 2.88. The van der Waals surface area contributed by atoms with Crippen molar-refractivity contribution in [3.8, 4) is 11.1 Å². The van der Waals surface area contributed by atoms with Gasteiger partial charge in [-0.25, -0.2) is 14.4 Å². The summed E-state index contributed by atoms with van der Waals surface area (Å²) in [5.74, 6) is -0.558. The molecule has 0 bridgehead atoms. The smallest absolute Gasteiger partial charge is 0.237 e. The monoisotopic (exact) mass is 451 g/mol. The first kappa shape index (κ1) is 21.1. The molecular weight excluding hydrogens is 433 g/mol. The van der Waals surface area contributed by atoms with Crippen LogP contribution < -0.4 is 5.32 Å². The van der Waals surface area contributed by atoms with Gasteiger partial charge in [-0.1, -0.05) is 36.0 Å². The van der Waals surface area contributed by atoms with Gasteiger partial charge in [0.05, 0.1) is 10.6 Å². The van der Waals surface area contributed by atoms with Crippen molar-refractivity contribution in [3.63, 3.8) is 0 Å². The SMILES string of the molecule is CC(=O)c1cccc(NC(=O)C(C)Sc2ncnc3scc(-c4ccc(F)cc4)c23)c1. The molecule has 2 aromatic heterocycles. The number of aromatic nitrogens is 2. The van der Waals surface area contributed by atoms with Crippen LogP contribution in [0.5, 0.6) is 0 Å². The number of benzene rings is 2. The van der Waals surface area contributed by atoms with Crippen LogP contribution in [0.25, 0.3) is 21.3 Å². The van der Waals surface area contributed by atoms with E-state index in [1.807, 2.05) is 5.38 Å². The number of nitrogens with zero attached hydrogens (tertiary/aromatic N) is 2. The molecule has 0 spiro atoms. The highest BCUT2D eigenvalue weighted by Crippen LogP contribution is 2.39. The maximum atomic E-state index is 13.3. The molecule has 4 aromatic rings. The minimum atomic E-state index is -0.444. The number of hydrogen-bond donors (Lipinski definition) is 1. The lowest BCUT2D eigenvalue weighted by Gasteiger charge is -2.13. The molecular formula is C23H18FN3O2S2. The lowest BCUT2D eigenvalue weighted by atomic mass is 10.1. The van der Waals surface area contributed by atoms with Crippen LogP contribution in [0.3, 0.4) is 0 Å². The summed E-state index contributed by atoms with van der Waals surface area (Å²) in [6.07, 6.45) is 1.48. The molecule has 0 radical (unpaired) electrons. The van der Waals surface area contributed by atoms with E-state index in [4.69, 9.17) is 0 Å². The molecule has 1 atom stereocenters. The Balaban J connectivity index is 1.58. The van der Waals surface area contributed by atoms with Crippen molar-refractivity contribution in [1.82, 2.24) is 9.97 Å². The van der Waals surface area contributed by atoms with Crippen LogP contribution in [0.15, 0.2) is 65.3 Å². The van der Waals surface area contributed by atoms with Crippen molar-refractivity contribution < 1.29 is 14.0 Å². The van der Waals surface area contributed by atoms with Crippen molar-refractivity contribution in [2.24, 2.45) is 0 Å². The molecule has 0 aliphatic heterocycles. The van der Waals surface area contributed by atoms with Gasteiger partial charge in [-0.15, -0.1) is 11.3 Å². The van der Waals surface area contributed by atoms with Gasteiger partial charge in [-0.3, -0.25) is 9.59 Å². The average molecular weight is 452 g/mol. The number of halogens is 1. The summed E-state index contributed by atoms with van der Waals surface area (Å²) in [5, 5.41) is 5.91. The third kappa shape index (κ3) is 4.65. The van der Waals surface area contributed by atoms with E-state index in [2.05, 4.69) is 15.3 Å². The lowest BCUT2D eigenvalue weighted by Crippen LogP contribution is -2.22. The third-order valence-electron chi connectivity index (χ3n) is 4.68. The van der Waals surface area contributed by atoms with Gasteiger partial charge in [0, 0.05) is 22.2 Å². The molecule has 0 saturated carbocycles. The van der Waals surface area contributed by atoms with E-state index in [1.165, 1.54) is 48.5 Å². The topological polar surface area (TPSA) is 72.0 Å². The average Bonchev–Trinajstić information content (AvgIpc) is 3.19. The number of hydrogen-bond acceptors (Lipinski definition) is 6. The number of rotatable bonds is 6. The predicted octanol–water partition coefficient (Wildman–Crippen LogP) is 5.82. The Morgan fingerprint density at radius 1 is 1.13 bits per heavy atom. The second-order valence-corrected chi connectivity index (χ2v) is 9.09. The molecule has 0 fully saturated rings. The van der Waals surface area contributed by atoms with Crippen molar-refractivity contribution in [2.75, 3.05) is 5.32 Å². The summed E-state index contributed by atoms with van der Waals surface area (Å²) < 4.78 is 13.3. The molecule has 0 aliphatic rings. The van der Waals surface area contributed by atoms with E-state index in [-0.39, 0.29) is 17.5 Å². The molecule has 8 heteroatoms. The van der Waals surface area contributed by atoms with Crippen LogP contribution in [-0.2, 0) is 4.79 Å². The molecule has 31 heavy (non-hydrogen) atoms. The van der Waals surface area contributed by atoms with Crippen molar-refractivity contribution >= 4 is 50.7 Å². The molecule has 2 aromatic carbocycles. The Morgan fingerprint density at radius 2 is 1.90 bits per heavy atom. The number of amides is 1. The van der Waals surface area contributed by atoms with Gasteiger partial charge in [0.1, 0.15) is 22.0 Å². The third-order valence-corrected chi connectivity index (χ3v) is 6.67.